The van der Waals surface area contributed by atoms with Crippen LogP contribution in [0.1, 0.15) is 50.3 Å². The molecule has 8 heteroatoms. The van der Waals surface area contributed by atoms with Gasteiger partial charge in [0.05, 0.1) is 10.5 Å². The van der Waals surface area contributed by atoms with Crippen LogP contribution in [-0.2, 0) is 0 Å². The Morgan fingerprint density at radius 3 is 2.24 bits per heavy atom. The highest BCUT2D eigenvalue weighted by Crippen LogP contribution is 2.41. The Kier molecular flexibility index (Phi) is 7.23. The maximum Gasteiger partial charge on any atom is 0.265 e. The summed E-state index contributed by atoms with van der Waals surface area (Å²) in [5, 5.41) is -0.269. The van der Waals surface area contributed by atoms with Crippen molar-refractivity contribution in [3.63, 3.8) is 0 Å². The molecule has 0 saturated carbocycles. The number of hydrogen-bond acceptors (Lipinski definition) is 2. The first kappa shape index (κ1) is 23.9. The van der Waals surface area contributed by atoms with E-state index in [2.05, 4.69) is 15.9 Å². The van der Waals surface area contributed by atoms with Gasteiger partial charge in [-0.05, 0) is 83.2 Å². The van der Waals surface area contributed by atoms with E-state index in [9.17, 15) is 22.8 Å². The van der Waals surface area contributed by atoms with Gasteiger partial charge in [0.15, 0.2) is 25.8 Å². The second kappa shape index (κ2) is 8.77. The highest BCUT2D eigenvalue weighted by Gasteiger charge is 2.37. The summed E-state index contributed by atoms with van der Waals surface area (Å²) in [6, 6.07) is 2.90. The molecular formula is C21H27BrF3NO2Si. The summed E-state index contributed by atoms with van der Waals surface area (Å²) in [7, 11) is -2.42. The summed E-state index contributed by atoms with van der Waals surface area (Å²) in [6.07, 6.45) is 3.35. The van der Waals surface area contributed by atoms with E-state index < -0.39 is 31.8 Å². The number of hydrogen-bond donors (Lipinski definition) is 1. The normalized spacial score (nSPS) is 13.6. The number of aryl methyl sites for hydroxylation is 1. The van der Waals surface area contributed by atoms with Crippen LogP contribution in [0, 0.1) is 24.4 Å². The molecule has 0 aliphatic carbocycles. The molecule has 0 bridgehead atoms. The van der Waals surface area contributed by atoms with Crippen LogP contribution in [0.15, 0.2) is 33.7 Å². The van der Waals surface area contributed by atoms with Gasteiger partial charge in [-0.1, -0.05) is 20.3 Å². The molecule has 3 nitrogen and oxygen atoms in total. The summed E-state index contributed by atoms with van der Waals surface area (Å²) in [5.41, 5.74) is 0.662. The van der Waals surface area contributed by atoms with Gasteiger partial charge in [0.25, 0.3) is 5.56 Å². The van der Waals surface area contributed by atoms with Crippen molar-refractivity contribution >= 4 is 24.2 Å². The van der Waals surface area contributed by atoms with Crippen molar-refractivity contribution in [3.05, 3.63) is 67.8 Å². The minimum atomic E-state index is -2.42. The quantitative estimate of drug-likeness (QED) is 0.378. The summed E-state index contributed by atoms with van der Waals surface area (Å²) in [4.78, 5) is 23.2. The lowest BCUT2D eigenvalue weighted by Gasteiger charge is -2.35. The number of pyridine rings is 1. The summed E-state index contributed by atoms with van der Waals surface area (Å²) < 4.78 is 43.1. The van der Waals surface area contributed by atoms with Crippen molar-refractivity contribution in [1.82, 2.24) is 4.57 Å². The zero-order valence-electron chi connectivity index (χ0n) is 17.3. The van der Waals surface area contributed by atoms with Crippen molar-refractivity contribution in [2.75, 3.05) is 0 Å². The maximum absolute atomic E-state index is 13.9. The molecule has 2 aromatic rings. The SMILES string of the molecule is Cc1cc(Br)c(=O)n(C(CCCC(C)(C)[Si](C)(C)O)c2cc(F)c(F)c(F)c2)c1. The van der Waals surface area contributed by atoms with Crippen LogP contribution in [-0.4, -0.2) is 17.7 Å². The van der Waals surface area contributed by atoms with Crippen molar-refractivity contribution in [1.29, 1.82) is 0 Å². The van der Waals surface area contributed by atoms with E-state index in [-0.39, 0.29) is 16.2 Å². The lowest BCUT2D eigenvalue weighted by molar-refractivity contribution is 0.410. The fraction of sp³-hybridized carbons (Fsp3) is 0.476. The molecule has 1 aromatic carbocycles. The Morgan fingerprint density at radius 1 is 1.17 bits per heavy atom. The predicted molar refractivity (Wildman–Crippen MR) is 115 cm³/mol. The molecule has 2 rings (SSSR count). The first-order chi connectivity index (χ1) is 13.2. The smallest absolute Gasteiger partial charge is 0.265 e. The molecule has 1 unspecified atom stereocenters. The molecule has 1 atom stereocenters. The molecule has 0 fully saturated rings. The van der Waals surface area contributed by atoms with Gasteiger partial charge in [-0.2, -0.15) is 0 Å². The molecule has 0 aliphatic heterocycles. The van der Waals surface area contributed by atoms with Crippen LogP contribution in [0.3, 0.4) is 0 Å². The van der Waals surface area contributed by atoms with Crippen LogP contribution in [0.5, 0.6) is 0 Å². The van der Waals surface area contributed by atoms with E-state index in [1.807, 2.05) is 33.9 Å². The van der Waals surface area contributed by atoms with Crippen LogP contribution in [0.4, 0.5) is 13.2 Å². The number of halogens is 4. The van der Waals surface area contributed by atoms with Crippen LogP contribution < -0.4 is 5.56 Å². The molecule has 0 saturated heterocycles. The third-order valence-electron chi connectivity index (χ3n) is 5.80. The zero-order chi connectivity index (χ0) is 22.1. The van der Waals surface area contributed by atoms with Crippen molar-refractivity contribution in [2.45, 2.75) is 64.2 Å². The molecule has 1 aromatic heterocycles. The molecular weight excluding hydrogens is 463 g/mol. The van der Waals surface area contributed by atoms with Crippen LogP contribution in [0.2, 0.25) is 18.1 Å². The van der Waals surface area contributed by atoms with Crippen LogP contribution in [0.25, 0.3) is 0 Å². The van der Waals surface area contributed by atoms with Gasteiger partial charge >= 0.3 is 0 Å². The monoisotopic (exact) mass is 489 g/mol. The fourth-order valence-electron chi connectivity index (χ4n) is 3.21. The molecule has 29 heavy (non-hydrogen) atoms. The predicted octanol–water partition coefficient (Wildman–Crippen LogP) is 6.07. The van der Waals surface area contributed by atoms with Gasteiger partial charge in [-0.15, -0.1) is 0 Å². The Bertz CT molecular complexity index is 931. The minimum Gasteiger partial charge on any atom is -0.432 e. The molecule has 0 aliphatic rings. The van der Waals surface area contributed by atoms with Gasteiger partial charge in [-0.3, -0.25) is 4.79 Å². The van der Waals surface area contributed by atoms with E-state index >= 15 is 0 Å². The van der Waals surface area contributed by atoms with E-state index in [1.165, 1.54) is 4.57 Å². The molecule has 0 radical (unpaired) electrons. The van der Waals surface area contributed by atoms with E-state index in [1.54, 1.807) is 12.3 Å². The Morgan fingerprint density at radius 2 is 1.72 bits per heavy atom. The number of aromatic nitrogens is 1. The third-order valence-corrected chi connectivity index (χ3v) is 9.93. The van der Waals surface area contributed by atoms with Crippen LogP contribution >= 0.6 is 15.9 Å². The third kappa shape index (κ3) is 5.41. The highest BCUT2D eigenvalue weighted by molar-refractivity contribution is 9.10. The number of benzene rings is 1. The lowest BCUT2D eigenvalue weighted by atomic mass is 9.96. The topological polar surface area (TPSA) is 42.2 Å². The summed E-state index contributed by atoms with van der Waals surface area (Å²) in [5.74, 6) is -4.09. The van der Waals surface area contributed by atoms with Crippen molar-refractivity contribution < 1.29 is 18.0 Å². The standard InChI is InChI=1S/C21H27BrF3NO2Si/c1-13-9-15(22)20(27)26(12-13)18(7-6-8-21(2,3)29(4,5)28)14-10-16(23)19(25)17(24)11-14/h9-12,18,28H,6-8H2,1-5H3. The average Bonchev–Trinajstić information content (AvgIpc) is 2.58. The Labute approximate surface area is 178 Å². The molecule has 0 amide bonds. The lowest BCUT2D eigenvalue weighted by Crippen LogP contribution is -2.39. The maximum atomic E-state index is 13.9. The van der Waals surface area contributed by atoms with Gasteiger partial charge in [0, 0.05) is 6.20 Å². The van der Waals surface area contributed by atoms with Crippen molar-refractivity contribution in [3.8, 4) is 0 Å². The van der Waals surface area contributed by atoms with Crippen molar-refractivity contribution in [2.24, 2.45) is 0 Å². The number of nitrogens with zero attached hydrogens (tertiary/aromatic N) is 1. The van der Waals surface area contributed by atoms with E-state index in [4.69, 9.17) is 0 Å². The largest absolute Gasteiger partial charge is 0.432 e. The van der Waals surface area contributed by atoms with Gasteiger partial charge in [0.2, 0.25) is 0 Å². The first-order valence-corrected chi connectivity index (χ1v) is 13.2. The second-order valence-corrected chi connectivity index (χ2v) is 14.1. The number of rotatable bonds is 7. The molecule has 1 N–H and O–H groups in total. The van der Waals surface area contributed by atoms with Gasteiger partial charge in [0.1, 0.15) is 0 Å². The van der Waals surface area contributed by atoms with Gasteiger partial charge < -0.3 is 9.36 Å². The zero-order valence-corrected chi connectivity index (χ0v) is 19.9. The molecule has 160 valence electrons. The summed E-state index contributed by atoms with van der Waals surface area (Å²) in [6.45, 7) is 9.56. The van der Waals surface area contributed by atoms with E-state index in [0.29, 0.717) is 23.7 Å². The first-order valence-electron chi connectivity index (χ1n) is 9.49. The average molecular weight is 490 g/mol. The molecule has 0 spiro atoms. The Balaban J connectivity index is 2.47. The summed E-state index contributed by atoms with van der Waals surface area (Å²) >= 11 is 3.24. The highest BCUT2D eigenvalue weighted by atomic mass is 79.9. The van der Waals surface area contributed by atoms with Gasteiger partial charge in [-0.25, -0.2) is 13.2 Å². The fourth-order valence-corrected chi connectivity index (χ4v) is 4.56. The second-order valence-electron chi connectivity index (χ2n) is 8.73. The molecule has 1 heterocycles. The van der Waals surface area contributed by atoms with E-state index in [0.717, 1.165) is 17.7 Å². The minimum absolute atomic E-state index is 0.194. The Hall–Kier alpha value is -1.38.